The van der Waals surface area contributed by atoms with E-state index in [1.54, 1.807) is 52.3 Å². The van der Waals surface area contributed by atoms with E-state index in [4.69, 9.17) is 0 Å². The van der Waals surface area contributed by atoms with Gasteiger partial charge < -0.3 is 9.80 Å². The molecule has 0 bridgehead atoms. The van der Waals surface area contributed by atoms with Gasteiger partial charge in [0, 0.05) is 51.6 Å². The first kappa shape index (κ1) is 23.4. The summed E-state index contributed by atoms with van der Waals surface area (Å²) >= 11 is 0. The number of piperazine rings is 1. The number of hydrogen-bond acceptors (Lipinski definition) is 4. The molecule has 0 aromatic heterocycles. The van der Waals surface area contributed by atoms with E-state index >= 15 is 0 Å². The normalized spacial score (nSPS) is 17.1. The molecule has 2 fully saturated rings. The van der Waals surface area contributed by atoms with Crippen molar-refractivity contribution in [2.24, 2.45) is 0 Å². The highest BCUT2D eigenvalue weighted by Gasteiger charge is 2.33. The van der Waals surface area contributed by atoms with Crippen LogP contribution in [0.4, 0.5) is 4.39 Å². The van der Waals surface area contributed by atoms with E-state index in [1.165, 1.54) is 16.4 Å². The maximum absolute atomic E-state index is 13.5. The van der Waals surface area contributed by atoms with E-state index in [2.05, 4.69) is 0 Å². The van der Waals surface area contributed by atoms with Gasteiger partial charge in [-0.3, -0.25) is 9.59 Å². The van der Waals surface area contributed by atoms with E-state index in [-0.39, 0.29) is 54.5 Å². The Hall–Kier alpha value is -2.78. The summed E-state index contributed by atoms with van der Waals surface area (Å²) in [4.78, 5) is 29.1. The maximum atomic E-state index is 13.5. The summed E-state index contributed by atoms with van der Waals surface area (Å²) in [7, 11) is -3.58. The van der Waals surface area contributed by atoms with Crippen LogP contribution in [0.5, 0.6) is 0 Å². The van der Waals surface area contributed by atoms with Crippen LogP contribution in [-0.4, -0.2) is 66.6 Å². The molecule has 4 rings (SSSR count). The third-order valence-corrected chi connectivity index (χ3v) is 7.99. The van der Waals surface area contributed by atoms with Gasteiger partial charge in [-0.05, 0) is 42.7 Å². The highest BCUT2D eigenvalue weighted by atomic mass is 32.2. The van der Waals surface area contributed by atoms with Crippen LogP contribution in [0, 0.1) is 5.82 Å². The Kier molecular flexibility index (Phi) is 7.09. The summed E-state index contributed by atoms with van der Waals surface area (Å²) in [6, 6.07) is 14.6. The molecule has 0 radical (unpaired) electrons. The van der Waals surface area contributed by atoms with Crippen molar-refractivity contribution >= 4 is 21.8 Å². The first-order chi connectivity index (χ1) is 15.8. The minimum absolute atomic E-state index is 0.0800. The van der Waals surface area contributed by atoms with Crippen molar-refractivity contribution in [1.82, 2.24) is 14.1 Å². The Morgan fingerprint density at radius 1 is 0.939 bits per heavy atom. The summed E-state index contributed by atoms with van der Waals surface area (Å²) < 4.78 is 40.4. The number of sulfonamides is 1. The fraction of sp³-hybridized carbons (Fsp3) is 0.417. The first-order valence-electron chi connectivity index (χ1n) is 11.2. The van der Waals surface area contributed by atoms with Gasteiger partial charge in [-0.25, -0.2) is 12.8 Å². The van der Waals surface area contributed by atoms with Crippen LogP contribution >= 0.6 is 0 Å². The van der Waals surface area contributed by atoms with Gasteiger partial charge in [0.2, 0.25) is 21.8 Å². The Balaban J connectivity index is 1.28. The average molecular weight is 474 g/mol. The van der Waals surface area contributed by atoms with Crippen molar-refractivity contribution in [1.29, 1.82) is 0 Å². The third-order valence-electron chi connectivity index (χ3n) is 6.07. The standard InChI is InChI=1S/C24H28FN3O4S/c25-20-6-4-5-19(17-20)18-28(21-9-10-21)24(30)12-11-23(29)26-13-15-27(16-14-26)33(31,32)22-7-2-1-3-8-22/h1-8,17,21H,9-16,18H2. The number of carbonyl (C=O) groups excluding carboxylic acids is 2. The molecule has 2 aromatic carbocycles. The first-order valence-corrected chi connectivity index (χ1v) is 12.7. The van der Waals surface area contributed by atoms with Crippen molar-refractivity contribution < 1.29 is 22.4 Å². The van der Waals surface area contributed by atoms with Crippen molar-refractivity contribution in [3.63, 3.8) is 0 Å². The minimum Gasteiger partial charge on any atom is -0.340 e. The van der Waals surface area contributed by atoms with Crippen LogP contribution in [0.3, 0.4) is 0 Å². The Bertz CT molecular complexity index is 1100. The minimum atomic E-state index is -3.58. The van der Waals surface area contributed by atoms with Crippen molar-refractivity contribution in [2.75, 3.05) is 26.2 Å². The van der Waals surface area contributed by atoms with E-state index < -0.39 is 10.0 Å². The zero-order valence-electron chi connectivity index (χ0n) is 18.4. The molecule has 0 spiro atoms. The molecule has 9 heteroatoms. The van der Waals surface area contributed by atoms with Crippen LogP contribution in [-0.2, 0) is 26.2 Å². The number of hydrogen-bond donors (Lipinski definition) is 0. The Morgan fingerprint density at radius 3 is 2.27 bits per heavy atom. The fourth-order valence-electron chi connectivity index (χ4n) is 4.07. The van der Waals surface area contributed by atoms with Gasteiger partial charge in [0.05, 0.1) is 4.90 Å². The molecule has 1 aliphatic carbocycles. The molecule has 0 N–H and O–H groups in total. The monoisotopic (exact) mass is 473 g/mol. The Labute approximate surface area is 193 Å². The van der Waals surface area contributed by atoms with E-state index in [0.717, 1.165) is 18.4 Å². The molecule has 1 saturated heterocycles. The van der Waals surface area contributed by atoms with Crippen molar-refractivity contribution in [3.05, 3.63) is 66.0 Å². The second kappa shape index (κ2) is 10.0. The van der Waals surface area contributed by atoms with E-state index in [1.807, 2.05) is 0 Å². The van der Waals surface area contributed by atoms with Gasteiger partial charge in [-0.15, -0.1) is 0 Å². The van der Waals surface area contributed by atoms with Gasteiger partial charge in [0.15, 0.2) is 0 Å². The lowest BCUT2D eigenvalue weighted by Gasteiger charge is -2.34. The van der Waals surface area contributed by atoms with Gasteiger partial charge in [0.25, 0.3) is 0 Å². The van der Waals surface area contributed by atoms with Gasteiger partial charge in [-0.1, -0.05) is 30.3 Å². The molecule has 33 heavy (non-hydrogen) atoms. The number of rotatable bonds is 8. The molecule has 0 unspecified atom stereocenters. The highest BCUT2D eigenvalue weighted by molar-refractivity contribution is 7.89. The highest BCUT2D eigenvalue weighted by Crippen LogP contribution is 2.29. The molecular weight excluding hydrogens is 445 g/mol. The zero-order chi connectivity index (χ0) is 23.4. The predicted octanol–water partition coefficient (Wildman–Crippen LogP) is 2.63. The fourth-order valence-corrected chi connectivity index (χ4v) is 5.52. The molecule has 1 heterocycles. The van der Waals surface area contributed by atoms with Gasteiger partial charge in [-0.2, -0.15) is 4.31 Å². The molecule has 7 nitrogen and oxygen atoms in total. The summed E-state index contributed by atoms with van der Waals surface area (Å²) in [5.74, 6) is -0.596. The molecule has 176 valence electrons. The molecule has 1 saturated carbocycles. The quantitative estimate of drug-likeness (QED) is 0.591. The predicted molar refractivity (Wildman–Crippen MR) is 121 cm³/mol. The van der Waals surface area contributed by atoms with Crippen molar-refractivity contribution in [3.8, 4) is 0 Å². The molecule has 2 amide bonds. The van der Waals surface area contributed by atoms with Gasteiger partial charge >= 0.3 is 0 Å². The molecule has 1 aliphatic heterocycles. The summed E-state index contributed by atoms with van der Waals surface area (Å²) in [5.41, 5.74) is 0.734. The molecular formula is C24H28FN3O4S. The van der Waals surface area contributed by atoms with E-state index in [0.29, 0.717) is 19.6 Å². The van der Waals surface area contributed by atoms with Crippen LogP contribution in [0.25, 0.3) is 0 Å². The lowest BCUT2D eigenvalue weighted by atomic mass is 10.1. The van der Waals surface area contributed by atoms with Crippen LogP contribution in [0.1, 0.15) is 31.2 Å². The second-order valence-corrected chi connectivity index (χ2v) is 10.4. The van der Waals surface area contributed by atoms with Gasteiger partial charge in [0.1, 0.15) is 5.82 Å². The second-order valence-electron chi connectivity index (χ2n) is 8.48. The zero-order valence-corrected chi connectivity index (χ0v) is 19.2. The smallest absolute Gasteiger partial charge is 0.243 e. The SMILES string of the molecule is O=C(CCC(=O)N(Cc1cccc(F)c1)C1CC1)N1CCN(S(=O)(=O)c2ccccc2)CC1. The Morgan fingerprint density at radius 2 is 1.64 bits per heavy atom. The molecule has 2 aliphatic rings. The number of halogens is 1. The van der Waals surface area contributed by atoms with E-state index in [9.17, 15) is 22.4 Å². The van der Waals surface area contributed by atoms with Crippen LogP contribution in [0.15, 0.2) is 59.5 Å². The summed E-state index contributed by atoms with van der Waals surface area (Å²) in [5, 5.41) is 0. The van der Waals surface area contributed by atoms with Crippen molar-refractivity contribution in [2.45, 2.75) is 43.2 Å². The topological polar surface area (TPSA) is 78.0 Å². The van der Waals surface area contributed by atoms with Crippen LogP contribution in [0.2, 0.25) is 0 Å². The molecule has 2 aromatic rings. The third kappa shape index (κ3) is 5.78. The summed E-state index contributed by atoms with van der Waals surface area (Å²) in [6.07, 6.45) is 2.02. The lowest BCUT2D eigenvalue weighted by molar-refractivity contribution is -0.138. The maximum Gasteiger partial charge on any atom is 0.243 e. The number of benzene rings is 2. The summed E-state index contributed by atoms with van der Waals surface area (Å²) in [6.45, 7) is 1.39. The molecule has 0 atom stereocenters. The lowest BCUT2D eigenvalue weighted by Crippen LogP contribution is -2.50. The average Bonchev–Trinajstić information content (AvgIpc) is 3.67. The number of carbonyl (C=O) groups is 2. The van der Waals surface area contributed by atoms with Crippen LogP contribution < -0.4 is 0 Å². The number of amides is 2. The number of nitrogens with zero attached hydrogens (tertiary/aromatic N) is 3. The largest absolute Gasteiger partial charge is 0.340 e.